The topological polar surface area (TPSA) is 89.5 Å². The summed E-state index contributed by atoms with van der Waals surface area (Å²) in [6.07, 6.45) is 1.69. The van der Waals surface area contributed by atoms with Crippen molar-refractivity contribution >= 4 is 44.7 Å². The third kappa shape index (κ3) is 3.35. The number of aromatic nitrogens is 1. The zero-order chi connectivity index (χ0) is 19.4. The number of hydrogen-bond donors (Lipinski definition) is 1. The standard InChI is InChI=1S/C21H20N4O2S.ClH.H2O/c1-13-12-22-21(28-13)25-19(26)15-5-3-4-14-17(24-10-8-23(2)9-11-24)7-6-16(18(14)15)20(25)27;;/h3-7,12H,8-11H2,1-2H3;1H;1H2. The largest absolute Gasteiger partial charge is 1.00 e. The van der Waals surface area contributed by atoms with Crippen LogP contribution in [0.2, 0.25) is 0 Å². The van der Waals surface area contributed by atoms with E-state index in [2.05, 4.69) is 16.9 Å². The molecule has 9 heteroatoms. The minimum absolute atomic E-state index is 0. The van der Waals surface area contributed by atoms with Gasteiger partial charge in [0.15, 0.2) is 5.13 Å². The van der Waals surface area contributed by atoms with Crippen molar-refractivity contribution in [1.29, 1.82) is 0 Å². The second-order valence-electron chi connectivity index (χ2n) is 7.50. The first-order chi connectivity index (χ1) is 13.5. The van der Waals surface area contributed by atoms with E-state index >= 15 is 0 Å². The van der Waals surface area contributed by atoms with Crippen LogP contribution in [0.25, 0.3) is 10.8 Å². The molecule has 7 nitrogen and oxygen atoms in total. The maximum atomic E-state index is 13.2. The van der Waals surface area contributed by atoms with E-state index in [1.165, 1.54) is 21.1 Å². The summed E-state index contributed by atoms with van der Waals surface area (Å²) < 4.78 is 0. The normalized spacial score (nSPS) is 16.5. The molecule has 5 rings (SSSR count). The lowest BCUT2D eigenvalue weighted by Crippen LogP contribution is -3.12. The molecule has 2 aliphatic rings. The fraction of sp³-hybridized carbons (Fsp3) is 0.286. The van der Waals surface area contributed by atoms with Gasteiger partial charge in [0.25, 0.3) is 11.8 Å². The van der Waals surface area contributed by atoms with Gasteiger partial charge in [-0.2, -0.15) is 0 Å². The summed E-state index contributed by atoms with van der Waals surface area (Å²) >= 11 is 1.35. The Morgan fingerprint density at radius 1 is 1.03 bits per heavy atom. The molecule has 0 spiro atoms. The van der Waals surface area contributed by atoms with Crippen LogP contribution in [-0.2, 0) is 0 Å². The first kappa shape index (κ1) is 22.2. The third-order valence-electron chi connectivity index (χ3n) is 5.64. The molecule has 0 aliphatic carbocycles. The lowest BCUT2D eigenvalue weighted by Gasteiger charge is -2.33. The van der Waals surface area contributed by atoms with Gasteiger partial charge < -0.3 is 27.7 Å². The quantitative estimate of drug-likeness (QED) is 0.457. The SMILES string of the molecule is Cc1cnc(N2C(=O)c3cccc4c(N5CC[NH+](C)CC5)ccc(c34)C2=O)s1.O.[Cl-]. The number of carbonyl (C=O) groups excluding carboxylic acids is 2. The summed E-state index contributed by atoms with van der Waals surface area (Å²) in [6.45, 7) is 6.02. The van der Waals surface area contributed by atoms with Gasteiger partial charge in [0.2, 0.25) is 0 Å². The Kier molecular flexibility index (Phi) is 6.14. The minimum atomic E-state index is -0.294. The summed E-state index contributed by atoms with van der Waals surface area (Å²) in [5, 5.41) is 2.18. The molecular weight excluding hydrogens is 424 g/mol. The second kappa shape index (κ2) is 8.31. The van der Waals surface area contributed by atoms with E-state index in [0.717, 1.165) is 47.5 Å². The summed E-state index contributed by atoms with van der Waals surface area (Å²) in [5.41, 5.74) is 2.25. The van der Waals surface area contributed by atoms with Crippen molar-refractivity contribution < 1.29 is 32.4 Å². The molecule has 0 atom stereocenters. The van der Waals surface area contributed by atoms with Gasteiger partial charge in [0.05, 0.1) is 33.2 Å². The number of benzene rings is 2. The number of amides is 2. The first-order valence-electron chi connectivity index (χ1n) is 9.48. The van der Waals surface area contributed by atoms with Crippen LogP contribution in [0.3, 0.4) is 0 Å². The van der Waals surface area contributed by atoms with Crippen LogP contribution in [0.5, 0.6) is 0 Å². The number of nitrogens with zero attached hydrogens (tertiary/aromatic N) is 3. The van der Waals surface area contributed by atoms with Crippen LogP contribution in [0.1, 0.15) is 25.6 Å². The third-order valence-corrected chi connectivity index (χ3v) is 6.54. The van der Waals surface area contributed by atoms with Gasteiger partial charge >= 0.3 is 0 Å². The van der Waals surface area contributed by atoms with Gasteiger partial charge in [-0.25, -0.2) is 9.88 Å². The molecule has 0 bridgehead atoms. The van der Waals surface area contributed by atoms with Crippen molar-refractivity contribution in [3.63, 3.8) is 0 Å². The molecule has 3 N–H and O–H groups in total. The zero-order valence-electron chi connectivity index (χ0n) is 16.7. The van der Waals surface area contributed by atoms with Gasteiger partial charge in [-0.05, 0) is 25.1 Å². The number of aryl methyl sites for hydroxylation is 1. The molecule has 0 saturated carbocycles. The van der Waals surface area contributed by atoms with E-state index in [0.29, 0.717) is 16.3 Å². The highest BCUT2D eigenvalue weighted by molar-refractivity contribution is 7.16. The number of thiazole rings is 1. The number of halogens is 1. The van der Waals surface area contributed by atoms with E-state index in [4.69, 9.17) is 0 Å². The average molecular weight is 447 g/mol. The van der Waals surface area contributed by atoms with Crippen molar-refractivity contribution in [2.45, 2.75) is 6.92 Å². The van der Waals surface area contributed by atoms with E-state index in [9.17, 15) is 9.59 Å². The summed E-state index contributed by atoms with van der Waals surface area (Å²) in [7, 11) is 2.21. The lowest BCUT2D eigenvalue weighted by molar-refractivity contribution is -0.880. The lowest BCUT2D eigenvalue weighted by atomic mass is 9.93. The molecule has 1 saturated heterocycles. The number of anilines is 2. The molecule has 0 unspecified atom stereocenters. The number of piperazine rings is 1. The van der Waals surface area contributed by atoms with Crippen molar-refractivity contribution in [3.8, 4) is 0 Å². The van der Waals surface area contributed by atoms with Gasteiger partial charge in [0.1, 0.15) is 0 Å². The number of quaternary nitrogens is 1. The van der Waals surface area contributed by atoms with E-state index < -0.39 is 0 Å². The van der Waals surface area contributed by atoms with Gasteiger partial charge in [-0.3, -0.25) is 9.59 Å². The molecule has 2 amide bonds. The number of imide groups is 1. The number of likely N-dealkylation sites (N-methyl/N-ethyl adjacent to an activating group) is 1. The van der Waals surface area contributed by atoms with Gasteiger partial charge in [0, 0.05) is 38.7 Å². The predicted molar refractivity (Wildman–Crippen MR) is 114 cm³/mol. The summed E-state index contributed by atoms with van der Waals surface area (Å²) in [5.74, 6) is -0.588. The van der Waals surface area contributed by atoms with E-state index in [1.54, 1.807) is 6.20 Å². The van der Waals surface area contributed by atoms with Crippen LogP contribution in [0.4, 0.5) is 10.8 Å². The van der Waals surface area contributed by atoms with Crippen LogP contribution in [-0.4, -0.2) is 55.5 Å². The molecule has 158 valence electrons. The Hall–Kier alpha value is -2.52. The van der Waals surface area contributed by atoms with Crippen molar-refractivity contribution in [2.24, 2.45) is 0 Å². The Bertz CT molecular complexity index is 1100. The molecular formula is C21H23ClN4O3S. The highest BCUT2D eigenvalue weighted by Crippen LogP contribution is 2.38. The Balaban J connectivity index is 0.00000128. The number of rotatable bonds is 2. The molecule has 1 fully saturated rings. The Labute approximate surface area is 184 Å². The van der Waals surface area contributed by atoms with Crippen LogP contribution in [0, 0.1) is 6.92 Å². The molecule has 3 aromatic rings. The van der Waals surface area contributed by atoms with Crippen LogP contribution >= 0.6 is 11.3 Å². The average Bonchev–Trinajstić information content (AvgIpc) is 3.12. The fourth-order valence-electron chi connectivity index (χ4n) is 4.11. The number of nitrogens with one attached hydrogen (secondary N) is 1. The second-order valence-corrected chi connectivity index (χ2v) is 8.72. The Morgan fingerprint density at radius 2 is 1.70 bits per heavy atom. The molecule has 3 heterocycles. The highest BCUT2D eigenvalue weighted by Gasteiger charge is 2.36. The number of hydrogen-bond acceptors (Lipinski definition) is 5. The van der Waals surface area contributed by atoms with Crippen molar-refractivity contribution in [2.75, 3.05) is 43.0 Å². The smallest absolute Gasteiger partial charge is 0.267 e. The maximum Gasteiger partial charge on any atom is 0.267 e. The highest BCUT2D eigenvalue weighted by atomic mass is 35.5. The summed E-state index contributed by atoms with van der Waals surface area (Å²) in [4.78, 5) is 36.8. The summed E-state index contributed by atoms with van der Waals surface area (Å²) in [6, 6.07) is 9.64. The zero-order valence-corrected chi connectivity index (χ0v) is 18.3. The molecule has 1 aromatic heterocycles. The van der Waals surface area contributed by atoms with Crippen molar-refractivity contribution in [3.05, 3.63) is 52.5 Å². The Morgan fingerprint density at radius 3 is 2.33 bits per heavy atom. The van der Waals surface area contributed by atoms with Crippen molar-refractivity contribution in [1.82, 2.24) is 4.98 Å². The number of carbonyl (C=O) groups is 2. The molecule has 2 aliphatic heterocycles. The van der Waals surface area contributed by atoms with E-state index in [1.807, 2.05) is 37.3 Å². The minimum Gasteiger partial charge on any atom is -1.00 e. The van der Waals surface area contributed by atoms with Gasteiger partial charge in [-0.15, -0.1) is 11.3 Å². The van der Waals surface area contributed by atoms with E-state index in [-0.39, 0.29) is 29.7 Å². The van der Waals surface area contributed by atoms with Gasteiger partial charge in [-0.1, -0.05) is 12.1 Å². The van der Waals surface area contributed by atoms with Crippen LogP contribution in [0.15, 0.2) is 36.5 Å². The molecule has 0 radical (unpaired) electrons. The first-order valence-corrected chi connectivity index (χ1v) is 10.3. The maximum absolute atomic E-state index is 13.2. The predicted octanol–water partition coefficient (Wildman–Crippen LogP) is -2.08. The molecule has 2 aromatic carbocycles. The fourth-order valence-corrected chi connectivity index (χ4v) is 4.86. The monoisotopic (exact) mass is 446 g/mol. The molecule has 30 heavy (non-hydrogen) atoms. The van der Waals surface area contributed by atoms with Crippen LogP contribution < -0.4 is 27.1 Å².